The fourth-order valence-corrected chi connectivity index (χ4v) is 2.65. The summed E-state index contributed by atoms with van der Waals surface area (Å²) < 4.78 is 0. The van der Waals surface area contributed by atoms with E-state index in [1.165, 1.54) is 6.07 Å². The maximum Gasteiger partial charge on any atom is 0.290 e. The third-order valence-electron chi connectivity index (χ3n) is 3.71. The molecule has 1 N–H and O–H groups in total. The third-order valence-corrected chi connectivity index (χ3v) is 3.71. The van der Waals surface area contributed by atoms with Gasteiger partial charge in [0.05, 0.1) is 4.92 Å². The Hall–Kier alpha value is -2.58. The second kappa shape index (κ2) is 5.43. The quantitative estimate of drug-likeness (QED) is 0.666. The van der Waals surface area contributed by atoms with Gasteiger partial charge in [0.2, 0.25) is 0 Å². The van der Waals surface area contributed by atoms with Gasteiger partial charge in [-0.1, -0.05) is 5.21 Å². The molecule has 0 saturated carbocycles. The van der Waals surface area contributed by atoms with Crippen molar-refractivity contribution in [2.24, 2.45) is 0 Å². The molecule has 0 spiro atoms. The molecule has 0 bridgehead atoms. The van der Waals surface area contributed by atoms with Crippen molar-refractivity contribution in [3.8, 4) is 0 Å². The molecule has 1 aliphatic rings. The molecule has 2 aromatic heterocycles. The lowest BCUT2D eigenvalue weighted by Crippen LogP contribution is -2.35. The highest BCUT2D eigenvalue weighted by molar-refractivity contribution is 5.47. The van der Waals surface area contributed by atoms with Crippen LogP contribution in [0.5, 0.6) is 0 Å². The molecule has 0 radical (unpaired) electrons. The van der Waals surface area contributed by atoms with E-state index >= 15 is 0 Å². The molecule has 2 aromatic rings. The van der Waals surface area contributed by atoms with Crippen LogP contribution >= 0.6 is 0 Å². The topological polar surface area (TPSA) is 114 Å². The van der Waals surface area contributed by atoms with Crippen LogP contribution in [0, 0.1) is 17.0 Å². The predicted octanol–water partition coefficient (Wildman–Crippen LogP) is 1.20. The van der Waals surface area contributed by atoms with Crippen molar-refractivity contribution in [1.29, 1.82) is 0 Å². The monoisotopic (exact) mass is 289 g/mol. The van der Waals surface area contributed by atoms with E-state index in [0.717, 1.165) is 31.7 Å². The highest BCUT2D eigenvalue weighted by Crippen LogP contribution is 2.28. The summed E-state index contributed by atoms with van der Waals surface area (Å²) in [5.41, 5.74) is 0.477. The van der Waals surface area contributed by atoms with Crippen LogP contribution in [0.1, 0.15) is 30.3 Å². The Labute approximate surface area is 120 Å². The first-order valence-corrected chi connectivity index (χ1v) is 6.75. The van der Waals surface area contributed by atoms with Crippen molar-refractivity contribution in [2.45, 2.75) is 25.7 Å². The first-order valence-electron chi connectivity index (χ1n) is 6.75. The Kier molecular flexibility index (Phi) is 3.46. The number of tetrazole rings is 1. The highest BCUT2D eigenvalue weighted by Gasteiger charge is 2.26. The summed E-state index contributed by atoms with van der Waals surface area (Å²) in [6.45, 7) is 3.27. The van der Waals surface area contributed by atoms with Crippen LogP contribution in [0.4, 0.5) is 11.5 Å². The van der Waals surface area contributed by atoms with Crippen LogP contribution in [0.2, 0.25) is 0 Å². The lowest BCUT2D eigenvalue weighted by atomic mass is 9.97. The number of aromatic amines is 1. The van der Waals surface area contributed by atoms with Gasteiger partial charge in [-0.05, 0) is 25.8 Å². The van der Waals surface area contributed by atoms with Gasteiger partial charge in [-0.15, -0.1) is 10.2 Å². The summed E-state index contributed by atoms with van der Waals surface area (Å²) >= 11 is 0. The van der Waals surface area contributed by atoms with Gasteiger partial charge in [-0.2, -0.15) is 5.21 Å². The van der Waals surface area contributed by atoms with Crippen molar-refractivity contribution in [3.63, 3.8) is 0 Å². The summed E-state index contributed by atoms with van der Waals surface area (Å²) in [6, 6.07) is 3.21. The molecular formula is C12H15N7O2. The normalized spacial score (nSPS) is 18.7. The molecule has 0 aromatic carbocycles. The van der Waals surface area contributed by atoms with Gasteiger partial charge in [0.1, 0.15) is 11.5 Å². The molecule has 9 nitrogen and oxygen atoms in total. The van der Waals surface area contributed by atoms with Crippen LogP contribution in [0.25, 0.3) is 0 Å². The van der Waals surface area contributed by atoms with Gasteiger partial charge in [0.25, 0.3) is 5.69 Å². The number of hydrogen-bond acceptors (Lipinski definition) is 7. The summed E-state index contributed by atoms with van der Waals surface area (Å²) in [7, 11) is 0. The smallest absolute Gasteiger partial charge is 0.290 e. The largest absolute Gasteiger partial charge is 0.356 e. The third kappa shape index (κ3) is 2.67. The zero-order valence-corrected chi connectivity index (χ0v) is 11.6. The van der Waals surface area contributed by atoms with Gasteiger partial charge in [0.15, 0.2) is 5.82 Å². The summed E-state index contributed by atoms with van der Waals surface area (Å²) in [6.07, 6.45) is 2.00. The Morgan fingerprint density at radius 2 is 2.33 bits per heavy atom. The number of H-pyrrole nitrogens is 1. The van der Waals surface area contributed by atoms with E-state index in [4.69, 9.17) is 0 Å². The lowest BCUT2D eigenvalue weighted by Gasteiger charge is -2.32. The SMILES string of the molecule is Cc1nc(N2CCC[C@@H](c3nn[nH]n3)C2)ccc1[N+](=O)[O-]. The Morgan fingerprint density at radius 3 is 3.00 bits per heavy atom. The highest BCUT2D eigenvalue weighted by atomic mass is 16.6. The van der Waals surface area contributed by atoms with E-state index in [9.17, 15) is 10.1 Å². The first-order chi connectivity index (χ1) is 10.1. The van der Waals surface area contributed by atoms with E-state index in [-0.39, 0.29) is 11.6 Å². The molecule has 3 rings (SSSR count). The minimum absolute atomic E-state index is 0.0467. The maximum absolute atomic E-state index is 10.8. The zero-order chi connectivity index (χ0) is 14.8. The average Bonchev–Trinajstić information content (AvgIpc) is 3.01. The van der Waals surface area contributed by atoms with E-state index in [2.05, 4.69) is 30.5 Å². The zero-order valence-electron chi connectivity index (χ0n) is 11.6. The van der Waals surface area contributed by atoms with Crippen molar-refractivity contribution in [1.82, 2.24) is 25.6 Å². The van der Waals surface area contributed by atoms with Crippen molar-refractivity contribution in [2.75, 3.05) is 18.0 Å². The Morgan fingerprint density at radius 1 is 1.48 bits per heavy atom. The summed E-state index contributed by atoms with van der Waals surface area (Å²) in [5, 5.41) is 25.0. The molecule has 110 valence electrons. The minimum atomic E-state index is -0.412. The van der Waals surface area contributed by atoms with Crippen LogP contribution in [0.15, 0.2) is 12.1 Å². The van der Waals surface area contributed by atoms with Crippen LogP contribution < -0.4 is 4.90 Å². The standard InChI is InChI=1S/C12H15N7O2/c1-8-10(19(20)21)4-5-11(13-8)18-6-2-3-9(7-18)12-14-16-17-15-12/h4-5,9H,2-3,6-7H2,1H3,(H,14,15,16,17)/t9-/m1/s1. The second-order valence-corrected chi connectivity index (χ2v) is 5.09. The molecule has 1 fully saturated rings. The number of pyridine rings is 1. The van der Waals surface area contributed by atoms with Crippen molar-refractivity contribution in [3.05, 3.63) is 33.8 Å². The molecule has 1 saturated heterocycles. The maximum atomic E-state index is 10.8. The van der Waals surface area contributed by atoms with Gasteiger partial charge in [-0.25, -0.2) is 4.98 Å². The second-order valence-electron chi connectivity index (χ2n) is 5.09. The van der Waals surface area contributed by atoms with Gasteiger partial charge < -0.3 is 4.90 Å². The number of nitrogens with zero attached hydrogens (tertiary/aromatic N) is 6. The van der Waals surface area contributed by atoms with E-state index < -0.39 is 4.92 Å². The average molecular weight is 289 g/mol. The number of hydrogen-bond donors (Lipinski definition) is 1. The number of piperidine rings is 1. The number of aromatic nitrogens is 5. The number of anilines is 1. The molecule has 1 aliphatic heterocycles. The van der Waals surface area contributed by atoms with E-state index in [0.29, 0.717) is 11.5 Å². The molecule has 1 atom stereocenters. The molecule has 3 heterocycles. The van der Waals surface area contributed by atoms with Crippen molar-refractivity contribution >= 4 is 11.5 Å². The Balaban J connectivity index is 1.80. The van der Waals surface area contributed by atoms with Crippen LogP contribution in [0.3, 0.4) is 0 Å². The molecule has 21 heavy (non-hydrogen) atoms. The van der Waals surface area contributed by atoms with Crippen LogP contribution in [-0.2, 0) is 0 Å². The first kappa shape index (κ1) is 13.4. The molecule has 9 heteroatoms. The fourth-order valence-electron chi connectivity index (χ4n) is 2.65. The fraction of sp³-hybridized carbons (Fsp3) is 0.500. The number of aryl methyl sites for hydroxylation is 1. The molecule has 0 amide bonds. The molecular weight excluding hydrogens is 274 g/mol. The summed E-state index contributed by atoms with van der Waals surface area (Å²) in [5.74, 6) is 1.67. The van der Waals surface area contributed by atoms with Gasteiger partial charge >= 0.3 is 0 Å². The summed E-state index contributed by atoms with van der Waals surface area (Å²) in [4.78, 5) is 16.9. The van der Waals surface area contributed by atoms with Crippen molar-refractivity contribution < 1.29 is 4.92 Å². The molecule has 0 unspecified atom stereocenters. The number of nitrogens with one attached hydrogen (secondary N) is 1. The Bertz CT molecular complexity index is 643. The van der Waals surface area contributed by atoms with Gasteiger partial charge in [0, 0.05) is 25.1 Å². The minimum Gasteiger partial charge on any atom is -0.356 e. The van der Waals surface area contributed by atoms with Gasteiger partial charge in [-0.3, -0.25) is 10.1 Å². The molecule has 0 aliphatic carbocycles. The van der Waals surface area contributed by atoms with Crippen LogP contribution in [-0.4, -0.2) is 43.6 Å². The predicted molar refractivity (Wildman–Crippen MR) is 74.0 cm³/mol. The number of rotatable bonds is 3. The van der Waals surface area contributed by atoms with E-state index in [1.54, 1.807) is 13.0 Å². The van der Waals surface area contributed by atoms with E-state index in [1.807, 2.05) is 0 Å². The number of nitro groups is 1. The lowest BCUT2D eigenvalue weighted by molar-refractivity contribution is -0.385.